The molecule has 6 nitrogen and oxygen atoms in total. The summed E-state index contributed by atoms with van der Waals surface area (Å²) in [5.74, 6) is 2.25. The molecule has 2 aliphatic rings. The van der Waals surface area contributed by atoms with Gasteiger partial charge in [0.25, 0.3) is 11.8 Å². The van der Waals surface area contributed by atoms with Crippen LogP contribution in [0.15, 0.2) is 29.4 Å². The van der Waals surface area contributed by atoms with E-state index in [1.54, 1.807) is 36.0 Å². The predicted octanol–water partition coefficient (Wildman–Crippen LogP) is 2.86. The number of imide groups is 1. The number of nitrogens with zero attached hydrogens (tertiary/aromatic N) is 4. The first-order valence-electron chi connectivity index (χ1n) is 8.64. The minimum absolute atomic E-state index is 0.171. The molecule has 130 valence electrons. The quantitative estimate of drug-likeness (QED) is 0.433. The summed E-state index contributed by atoms with van der Waals surface area (Å²) >= 11 is 1.69. The van der Waals surface area contributed by atoms with Crippen molar-refractivity contribution in [1.82, 2.24) is 19.7 Å². The van der Waals surface area contributed by atoms with Crippen LogP contribution in [0.4, 0.5) is 0 Å². The largest absolute Gasteiger partial charge is 0.309 e. The normalized spacial score (nSPS) is 16.6. The molecule has 1 aromatic heterocycles. The predicted molar refractivity (Wildman–Crippen MR) is 94.7 cm³/mol. The van der Waals surface area contributed by atoms with Crippen molar-refractivity contribution < 1.29 is 9.59 Å². The van der Waals surface area contributed by atoms with Crippen LogP contribution in [-0.2, 0) is 7.05 Å². The van der Waals surface area contributed by atoms with Gasteiger partial charge < -0.3 is 4.57 Å². The van der Waals surface area contributed by atoms with Crippen LogP contribution in [0.5, 0.6) is 0 Å². The van der Waals surface area contributed by atoms with E-state index in [0.717, 1.165) is 29.6 Å². The summed E-state index contributed by atoms with van der Waals surface area (Å²) < 4.78 is 2.09. The Balaban J connectivity index is 1.25. The minimum atomic E-state index is -0.171. The Morgan fingerprint density at radius 3 is 2.40 bits per heavy atom. The number of carbonyl (C=O) groups is 2. The van der Waals surface area contributed by atoms with Gasteiger partial charge in [-0.1, -0.05) is 23.9 Å². The van der Waals surface area contributed by atoms with Crippen molar-refractivity contribution in [3.8, 4) is 0 Å². The van der Waals surface area contributed by atoms with Gasteiger partial charge in [-0.05, 0) is 37.8 Å². The van der Waals surface area contributed by atoms with Crippen molar-refractivity contribution in [2.75, 3.05) is 12.3 Å². The van der Waals surface area contributed by atoms with Gasteiger partial charge in [-0.25, -0.2) is 0 Å². The van der Waals surface area contributed by atoms with E-state index in [9.17, 15) is 9.59 Å². The van der Waals surface area contributed by atoms with Crippen molar-refractivity contribution in [2.24, 2.45) is 7.05 Å². The number of hydrogen-bond donors (Lipinski definition) is 0. The topological polar surface area (TPSA) is 68.1 Å². The van der Waals surface area contributed by atoms with E-state index in [2.05, 4.69) is 14.8 Å². The summed E-state index contributed by atoms with van der Waals surface area (Å²) in [6, 6.07) is 7.02. The minimum Gasteiger partial charge on any atom is -0.309 e. The fraction of sp³-hybridized carbons (Fsp3) is 0.444. The maximum absolute atomic E-state index is 12.3. The van der Waals surface area contributed by atoms with E-state index >= 15 is 0 Å². The number of rotatable bonds is 7. The molecule has 2 amide bonds. The molecule has 1 fully saturated rings. The lowest BCUT2D eigenvalue weighted by Crippen LogP contribution is -2.30. The monoisotopic (exact) mass is 356 g/mol. The highest BCUT2D eigenvalue weighted by Crippen LogP contribution is 2.39. The van der Waals surface area contributed by atoms with Gasteiger partial charge in [-0.3, -0.25) is 14.5 Å². The summed E-state index contributed by atoms with van der Waals surface area (Å²) in [4.78, 5) is 25.9. The van der Waals surface area contributed by atoms with E-state index in [4.69, 9.17) is 0 Å². The Morgan fingerprint density at radius 2 is 1.76 bits per heavy atom. The second-order valence-corrected chi connectivity index (χ2v) is 7.60. The first-order valence-corrected chi connectivity index (χ1v) is 9.62. The van der Waals surface area contributed by atoms with Gasteiger partial charge in [-0.15, -0.1) is 10.2 Å². The molecule has 0 atom stereocenters. The standard InChI is InChI=1S/C18H20N4O2S/c1-21-15(12-8-9-12)19-20-18(21)25-11-5-4-10-22-16(23)13-6-2-3-7-14(13)17(22)24/h2-3,6-7,12H,4-5,8-11H2,1H3. The van der Waals surface area contributed by atoms with E-state index in [1.165, 1.54) is 17.7 Å². The van der Waals surface area contributed by atoms with Crippen molar-refractivity contribution in [1.29, 1.82) is 0 Å². The van der Waals surface area contributed by atoms with Crippen LogP contribution in [0.3, 0.4) is 0 Å². The van der Waals surface area contributed by atoms with E-state index < -0.39 is 0 Å². The third kappa shape index (κ3) is 3.08. The maximum Gasteiger partial charge on any atom is 0.261 e. The average Bonchev–Trinajstić information content (AvgIpc) is 3.36. The summed E-state index contributed by atoms with van der Waals surface area (Å²) in [5.41, 5.74) is 1.04. The Labute approximate surface area is 150 Å². The molecule has 2 heterocycles. The van der Waals surface area contributed by atoms with Crippen molar-refractivity contribution >= 4 is 23.6 Å². The fourth-order valence-electron chi connectivity index (χ4n) is 3.13. The van der Waals surface area contributed by atoms with Crippen LogP contribution >= 0.6 is 11.8 Å². The number of fused-ring (bicyclic) bond motifs is 1. The number of amides is 2. The SMILES string of the molecule is Cn1c(SCCCCN2C(=O)c3ccccc3C2=O)nnc1C1CC1. The Bertz CT molecular complexity index is 793. The molecule has 0 unspecified atom stereocenters. The lowest BCUT2D eigenvalue weighted by atomic mass is 10.1. The second kappa shape index (κ2) is 6.63. The molecule has 0 N–H and O–H groups in total. The molecular formula is C18H20N4O2S. The van der Waals surface area contributed by atoms with Gasteiger partial charge >= 0.3 is 0 Å². The Morgan fingerprint density at radius 1 is 1.08 bits per heavy atom. The molecule has 7 heteroatoms. The van der Waals surface area contributed by atoms with E-state index in [1.807, 2.05) is 7.05 Å². The van der Waals surface area contributed by atoms with E-state index in [-0.39, 0.29) is 11.8 Å². The Hall–Kier alpha value is -2.15. The zero-order valence-corrected chi connectivity index (χ0v) is 15.0. The summed E-state index contributed by atoms with van der Waals surface area (Å²) in [5, 5.41) is 9.48. The molecular weight excluding hydrogens is 336 g/mol. The number of unbranched alkanes of at least 4 members (excludes halogenated alkanes) is 1. The molecule has 1 saturated carbocycles. The highest BCUT2D eigenvalue weighted by atomic mass is 32.2. The van der Waals surface area contributed by atoms with Gasteiger partial charge in [0.15, 0.2) is 5.16 Å². The maximum atomic E-state index is 12.3. The van der Waals surface area contributed by atoms with Gasteiger partial charge in [-0.2, -0.15) is 0 Å². The van der Waals surface area contributed by atoms with Gasteiger partial charge in [0, 0.05) is 25.3 Å². The fourth-order valence-corrected chi connectivity index (χ4v) is 4.04. The van der Waals surface area contributed by atoms with Crippen molar-refractivity contribution in [2.45, 2.75) is 36.8 Å². The van der Waals surface area contributed by atoms with Crippen LogP contribution in [0.2, 0.25) is 0 Å². The number of thioether (sulfide) groups is 1. The number of benzene rings is 1. The smallest absolute Gasteiger partial charge is 0.261 e. The molecule has 0 saturated heterocycles. The highest BCUT2D eigenvalue weighted by molar-refractivity contribution is 7.99. The first kappa shape index (κ1) is 16.3. The molecule has 2 aromatic rings. The van der Waals surface area contributed by atoms with Crippen LogP contribution < -0.4 is 0 Å². The molecule has 25 heavy (non-hydrogen) atoms. The number of carbonyl (C=O) groups excluding carboxylic acids is 2. The van der Waals surface area contributed by atoms with Crippen molar-refractivity contribution in [3.63, 3.8) is 0 Å². The third-order valence-electron chi connectivity index (χ3n) is 4.70. The summed E-state index contributed by atoms with van der Waals surface area (Å²) in [7, 11) is 2.02. The Kier molecular flexibility index (Phi) is 4.33. The molecule has 1 aromatic carbocycles. The first-order chi connectivity index (χ1) is 12.2. The van der Waals surface area contributed by atoms with Gasteiger partial charge in [0.2, 0.25) is 0 Å². The molecule has 0 radical (unpaired) electrons. The van der Waals surface area contributed by atoms with Crippen molar-refractivity contribution in [3.05, 3.63) is 41.2 Å². The summed E-state index contributed by atoms with van der Waals surface area (Å²) in [6.45, 7) is 0.471. The van der Waals surface area contributed by atoms with E-state index in [0.29, 0.717) is 23.6 Å². The summed E-state index contributed by atoms with van der Waals surface area (Å²) in [6.07, 6.45) is 4.16. The van der Waals surface area contributed by atoms with Crippen LogP contribution in [0.1, 0.15) is 58.1 Å². The second-order valence-electron chi connectivity index (χ2n) is 6.54. The van der Waals surface area contributed by atoms with Gasteiger partial charge in [0.1, 0.15) is 5.82 Å². The zero-order chi connectivity index (χ0) is 17.4. The molecule has 1 aliphatic carbocycles. The number of aromatic nitrogens is 3. The lowest BCUT2D eigenvalue weighted by Gasteiger charge is -2.13. The van der Waals surface area contributed by atoms with Crippen LogP contribution in [0.25, 0.3) is 0 Å². The lowest BCUT2D eigenvalue weighted by molar-refractivity contribution is 0.0652. The van der Waals surface area contributed by atoms with Crippen LogP contribution in [-0.4, -0.2) is 43.8 Å². The molecule has 4 rings (SSSR count). The molecule has 0 spiro atoms. The molecule has 0 bridgehead atoms. The van der Waals surface area contributed by atoms with Crippen LogP contribution in [0, 0.1) is 0 Å². The molecule has 1 aliphatic heterocycles. The highest BCUT2D eigenvalue weighted by Gasteiger charge is 2.34. The van der Waals surface area contributed by atoms with Gasteiger partial charge in [0.05, 0.1) is 11.1 Å². The average molecular weight is 356 g/mol. The zero-order valence-electron chi connectivity index (χ0n) is 14.1. The number of hydrogen-bond acceptors (Lipinski definition) is 5. The third-order valence-corrected chi connectivity index (χ3v) is 5.80.